The van der Waals surface area contributed by atoms with Gasteiger partial charge in [-0.1, -0.05) is 12.7 Å². The number of nitrogens with one attached hydrogen (secondary N) is 1. The molecule has 1 N–H and O–H groups in total. The highest BCUT2D eigenvalue weighted by molar-refractivity contribution is 5.86. The maximum Gasteiger partial charge on any atom is 0.257 e. The lowest BCUT2D eigenvalue weighted by Crippen LogP contribution is -2.54. The molecule has 0 radical (unpaired) electrons. The second-order valence-electron chi connectivity index (χ2n) is 3.13. The maximum atomic E-state index is 11.1. The molecule has 0 aromatic rings. The molecule has 0 aromatic carbocycles. The quantitative estimate of drug-likeness (QED) is 0.525. The largest absolute Gasteiger partial charge is 0.378 e. The molecule has 1 aliphatic rings. The van der Waals surface area contributed by atoms with Crippen molar-refractivity contribution in [1.29, 1.82) is 0 Å². The number of carbonyl (C=O) groups excluding carboxylic acids is 1. The van der Waals surface area contributed by atoms with Crippen LogP contribution in [0.4, 0.5) is 0 Å². The van der Waals surface area contributed by atoms with Crippen molar-refractivity contribution in [2.24, 2.45) is 0 Å². The molecular weight excluding hydrogens is 180 g/mol. The Morgan fingerprint density at radius 1 is 1.64 bits per heavy atom. The Balaban J connectivity index is 2.48. The van der Waals surface area contributed by atoms with Gasteiger partial charge in [0.15, 0.2) is 0 Å². The standard InChI is InChI=1S/C10H16N2O2/c1-3-5-9-8-14-7-6-12(9)11-10(13)4-2/h3-4,9H,1-2,5-8H2,(H,11,13). The van der Waals surface area contributed by atoms with Crippen LogP contribution in [0.3, 0.4) is 0 Å². The van der Waals surface area contributed by atoms with Crippen molar-refractivity contribution in [2.75, 3.05) is 19.8 Å². The fourth-order valence-electron chi connectivity index (χ4n) is 1.38. The Kier molecular flexibility index (Phi) is 4.35. The first kappa shape index (κ1) is 10.9. The fourth-order valence-corrected chi connectivity index (χ4v) is 1.38. The topological polar surface area (TPSA) is 41.6 Å². The summed E-state index contributed by atoms with van der Waals surface area (Å²) in [4.78, 5) is 11.1. The number of hydrazine groups is 1. The Morgan fingerprint density at radius 2 is 2.43 bits per heavy atom. The van der Waals surface area contributed by atoms with E-state index in [4.69, 9.17) is 4.74 Å². The van der Waals surface area contributed by atoms with Crippen molar-refractivity contribution >= 4 is 5.91 Å². The minimum absolute atomic E-state index is 0.180. The van der Waals surface area contributed by atoms with Crippen molar-refractivity contribution in [2.45, 2.75) is 12.5 Å². The first-order chi connectivity index (χ1) is 6.77. The molecule has 14 heavy (non-hydrogen) atoms. The molecule has 0 aliphatic carbocycles. The van der Waals surface area contributed by atoms with E-state index in [0.29, 0.717) is 19.8 Å². The summed E-state index contributed by atoms with van der Waals surface area (Å²) in [6, 6.07) is 0.185. The molecule has 78 valence electrons. The summed E-state index contributed by atoms with van der Waals surface area (Å²) in [6.45, 7) is 9.06. The van der Waals surface area contributed by atoms with Gasteiger partial charge in [-0.05, 0) is 12.5 Å². The zero-order valence-electron chi connectivity index (χ0n) is 8.24. The zero-order chi connectivity index (χ0) is 10.4. The molecule has 1 amide bonds. The maximum absolute atomic E-state index is 11.1. The number of nitrogens with zero attached hydrogens (tertiary/aromatic N) is 1. The number of amides is 1. The summed E-state index contributed by atoms with van der Waals surface area (Å²) in [5.41, 5.74) is 2.75. The smallest absolute Gasteiger partial charge is 0.257 e. The van der Waals surface area contributed by atoms with Crippen LogP contribution in [0.15, 0.2) is 25.3 Å². The van der Waals surface area contributed by atoms with Gasteiger partial charge < -0.3 is 4.74 Å². The molecule has 0 spiro atoms. The number of hydrogen-bond donors (Lipinski definition) is 1. The van der Waals surface area contributed by atoms with E-state index in [1.54, 1.807) is 0 Å². The second-order valence-corrected chi connectivity index (χ2v) is 3.13. The summed E-state index contributed by atoms with van der Waals surface area (Å²) in [7, 11) is 0. The third kappa shape index (κ3) is 2.97. The van der Waals surface area contributed by atoms with Crippen LogP contribution < -0.4 is 5.43 Å². The van der Waals surface area contributed by atoms with E-state index in [9.17, 15) is 4.79 Å². The van der Waals surface area contributed by atoms with Crippen molar-refractivity contribution in [3.63, 3.8) is 0 Å². The van der Waals surface area contributed by atoms with Crippen LogP contribution in [0.1, 0.15) is 6.42 Å². The van der Waals surface area contributed by atoms with Crippen LogP contribution in [0.5, 0.6) is 0 Å². The number of rotatable bonds is 4. The lowest BCUT2D eigenvalue weighted by Gasteiger charge is -2.34. The van der Waals surface area contributed by atoms with Gasteiger partial charge in [0.1, 0.15) is 0 Å². The van der Waals surface area contributed by atoms with Gasteiger partial charge in [-0.25, -0.2) is 5.01 Å². The highest BCUT2D eigenvalue weighted by Gasteiger charge is 2.22. The minimum atomic E-state index is -0.180. The Labute approximate surface area is 84.2 Å². The normalized spacial score (nSPS) is 22.7. The number of carbonyl (C=O) groups is 1. The molecule has 1 aliphatic heterocycles. The van der Waals surface area contributed by atoms with Crippen molar-refractivity contribution in [3.8, 4) is 0 Å². The number of ether oxygens (including phenoxy) is 1. The zero-order valence-corrected chi connectivity index (χ0v) is 8.24. The predicted octanol–water partition coefficient (Wildman–Crippen LogP) is 0.480. The average Bonchev–Trinajstić information content (AvgIpc) is 2.21. The van der Waals surface area contributed by atoms with Crippen LogP contribution in [-0.4, -0.2) is 36.7 Å². The van der Waals surface area contributed by atoms with E-state index in [0.717, 1.165) is 6.42 Å². The lowest BCUT2D eigenvalue weighted by molar-refractivity contribution is -0.125. The Bertz CT molecular complexity index is 228. The molecule has 1 rings (SSSR count). The van der Waals surface area contributed by atoms with E-state index in [-0.39, 0.29) is 11.9 Å². The van der Waals surface area contributed by atoms with E-state index in [1.165, 1.54) is 6.08 Å². The third-order valence-corrected chi connectivity index (χ3v) is 2.11. The number of morpholine rings is 1. The average molecular weight is 196 g/mol. The molecule has 4 heteroatoms. The van der Waals surface area contributed by atoms with Crippen LogP contribution in [-0.2, 0) is 9.53 Å². The lowest BCUT2D eigenvalue weighted by atomic mass is 10.2. The molecule has 1 unspecified atom stereocenters. The monoisotopic (exact) mass is 196 g/mol. The van der Waals surface area contributed by atoms with Crippen LogP contribution >= 0.6 is 0 Å². The van der Waals surface area contributed by atoms with E-state index in [1.807, 2.05) is 11.1 Å². The Morgan fingerprint density at radius 3 is 3.07 bits per heavy atom. The van der Waals surface area contributed by atoms with Crippen molar-refractivity contribution in [1.82, 2.24) is 10.4 Å². The fraction of sp³-hybridized carbons (Fsp3) is 0.500. The van der Waals surface area contributed by atoms with E-state index < -0.39 is 0 Å². The SMILES string of the molecule is C=CCC1COCCN1NC(=O)C=C. The van der Waals surface area contributed by atoms with Crippen LogP contribution in [0, 0.1) is 0 Å². The number of hydrogen-bond acceptors (Lipinski definition) is 3. The van der Waals surface area contributed by atoms with Gasteiger partial charge in [0.25, 0.3) is 5.91 Å². The minimum Gasteiger partial charge on any atom is -0.378 e. The predicted molar refractivity (Wildman–Crippen MR) is 54.5 cm³/mol. The highest BCUT2D eigenvalue weighted by Crippen LogP contribution is 2.07. The molecule has 0 aromatic heterocycles. The van der Waals surface area contributed by atoms with Gasteiger partial charge in [-0.2, -0.15) is 0 Å². The van der Waals surface area contributed by atoms with Gasteiger partial charge in [0, 0.05) is 6.54 Å². The molecule has 0 saturated carbocycles. The van der Waals surface area contributed by atoms with Gasteiger partial charge in [0.2, 0.25) is 0 Å². The van der Waals surface area contributed by atoms with Gasteiger partial charge >= 0.3 is 0 Å². The van der Waals surface area contributed by atoms with Crippen molar-refractivity contribution < 1.29 is 9.53 Å². The molecule has 1 heterocycles. The third-order valence-electron chi connectivity index (χ3n) is 2.11. The molecule has 4 nitrogen and oxygen atoms in total. The first-order valence-electron chi connectivity index (χ1n) is 4.66. The van der Waals surface area contributed by atoms with E-state index >= 15 is 0 Å². The second kappa shape index (κ2) is 5.57. The molecule has 0 bridgehead atoms. The molecule has 1 saturated heterocycles. The Hall–Kier alpha value is -1.13. The molecule has 1 atom stereocenters. The van der Waals surface area contributed by atoms with Crippen molar-refractivity contribution in [3.05, 3.63) is 25.3 Å². The molecular formula is C10H16N2O2. The van der Waals surface area contributed by atoms with Gasteiger partial charge in [-0.15, -0.1) is 6.58 Å². The highest BCUT2D eigenvalue weighted by atomic mass is 16.5. The van der Waals surface area contributed by atoms with Gasteiger partial charge in [0.05, 0.1) is 19.3 Å². The summed E-state index contributed by atoms with van der Waals surface area (Å²) >= 11 is 0. The van der Waals surface area contributed by atoms with Crippen LogP contribution in [0.25, 0.3) is 0 Å². The summed E-state index contributed by atoms with van der Waals surface area (Å²) < 4.78 is 5.31. The van der Waals surface area contributed by atoms with E-state index in [2.05, 4.69) is 18.6 Å². The van der Waals surface area contributed by atoms with Crippen LogP contribution in [0.2, 0.25) is 0 Å². The summed E-state index contributed by atoms with van der Waals surface area (Å²) in [6.07, 6.45) is 3.89. The summed E-state index contributed by atoms with van der Waals surface area (Å²) in [5.74, 6) is -0.180. The molecule has 1 fully saturated rings. The van der Waals surface area contributed by atoms with Gasteiger partial charge in [-0.3, -0.25) is 10.2 Å². The first-order valence-corrected chi connectivity index (χ1v) is 4.66. The summed E-state index contributed by atoms with van der Waals surface area (Å²) in [5, 5.41) is 1.88.